The lowest BCUT2D eigenvalue weighted by Crippen LogP contribution is -2.10. The molecule has 0 amide bonds. The van der Waals surface area contributed by atoms with Crippen molar-refractivity contribution in [2.75, 3.05) is 0 Å². The van der Waals surface area contributed by atoms with Gasteiger partial charge in [0.25, 0.3) is 0 Å². The monoisotopic (exact) mass is 273 g/mol. The second-order valence-electron chi connectivity index (χ2n) is 4.57. The van der Waals surface area contributed by atoms with Crippen molar-refractivity contribution in [2.24, 2.45) is 5.73 Å². The van der Waals surface area contributed by atoms with E-state index in [1.165, 1.54) is 31.0 Å². The molecule has 1 aromatic carbocycles. The molecule has 3 aromatic rings. The van der Waals surface area contributed by atoms with E-state index in [4.69, 9.17) is 5.73 Å². The molecule has 0 aliphatic heterocycles. The minimum Gasteiger partial charge on any atom is -0.320 e. The Bertz CT molecular complexity index is 693. The van der Waals surface area contributed by atoms with Gasteiger partial charge in [-0.05, 0) is 47.9 Å². The Morgan fingerprint density at radius 3 is 2.67 bits per heavy atom. The first-order valence-corrected chi connectivity index (χ1v) is 7.65. The highest BCUT2D eigenvalue weighted by atomic mass is 32.1. The highest BCUT2D eigenvalue weighted by Crippen LogP contribution is 2.36. The highest BCUT2D eigenvalue weighted by molar-refractivity contribution is 7.17. The Hall–Kier alpha value is -1.16. The Morgan fingerprint density at radius 1 is 1.17 bits per heavy atom. The van der Waals surface area contributed by atoms with Gasteiger partial charge in [-0.1, -0.05) is 18.2 Å². The number of rotatable bonds is 2. The summed E-state index contributed by atoms with van der Waals surface area (Å²) in [7, 11) is 0. The fourth-order valence-electron chi connectivity index (χ4n) is 2.35. The molecule has 0 fully saturated rings. The lowest BCUT2D eigenvalue weighted by Gasteiger charge is -2.10. The molecular formula is C15H15NS2. The molecular weight excluding hydrogens is 258 g/mol. The summed E-state index contributed by atoms with van der Waals surface area (Å²) in [5, 5.41) is 3.49. The van der Waals surface area contributed by atoms with Crippen molar-refractivity contribution in [1.29, 1.82) is 0 Å². The third-order valence-electron chi connectivity index (χ3n) is 3.21. The third kappa shape index (κ3) is 1.88. The van der Waals surface area contributed by atoms with Crippen molar-refractivity contribution in [3.8, 4) is 0 Å². The Morgan fingerprint density at radius 2 is 1.94 bits per heavy atom. The number of aryl methyl sites for hydroxylation is 2. The number of thiophene rings is 2. The quantitative estimate of drug-likeness (QED) is 0.724. The number of hydrogen-bond acceptors (Lipinski definition) is 3. The molecule has 0 radical (unpaired) electrons. The van der Waals surface area contributed by atoms with E-state index < -0.39 is 0 Å². The zero-order valence-electron chi connectivity index (χ0n) is 10.4. The third-order valence-corrected chi connectivity index (χ3v) is 5.43. The van der Waals surface area contributed by atoms with Crippen LogP contribution in [-0.4, -0.2) is 0 Å². The number of benzene rings is 1. The Labute approximate surface area is 115 Å². The molecule has 0 bridgehead atoms. The summed E-state index contributed by atoms with van der Waals surface area (Å²) >= 11 is 3.58. The molecule has 1 atom stereocenters. The zero-order valence-corrected chi connectivity index (χ0v) is 12.1. The van der Waals surface area contributed by atoms with Gasteiger partial charge in [-0.25, -0.2) is 0 Å². The summed E-state index contributed by atoms with van der Waals surface area (Å²) < 4.78 is 1.31. The molecule has 0 spiro atoms. The van der Waals surface area contributed by atoms with Crippen LogP contribution in [0.2, 0.25) is 0 Å². The molecule has 2 N–H and O–H groups in total. The van der Waals surface area contributed by atoms with Crippen molar-refractivity contribution in [1.82, 2.24) is 0 Å². The van der Waals surface area contributed by atoms with Crippen LogP contribution in [0.3, 0.4) is 0 Å². The van der Waals surface area contributed by atoms with Crippen LogP contribution >= 0.6 is 22.7 Å². The lowest BCUT2D eigenvalue weighted by molar-refractivity contribution is 0.899. The first kappa shape index (κ1) is 11.9. The van der Waals surface area contributed by atoms with E-state index in [-0.39, 0.29) is 6.04 Å². The van der Waals surface area contributed by atoms with Gasteiger partial charge in [-0.15, -0.1) is 22.7 Å². The first-order chi connectivity index (χ1) is 8.66. The largest absolute Gasteiger partial charge is 0.320 e. The predicted octanol–water partition coefficient (Wildman–Crippen LogP) is 4.63. The summed E-state index contributed by atoms with van der Waals surface area (Å²) in [5.41, 5.74) is 9.01. The zero-order chi connectivity index (χ0) is 12.7. The van der Waals surface area contributed by atoms with Crippen molar-refractivity contribution in [3.05, 3.63) is 56.6 Å². The van der Waals surface area contributed by atoms with Gasteiger partial charge >= 0.3 is 0 Å². The molecule has 2 aromatic heterocycles. The molecule has 3 rings (SSSR count). The molecule has 0 aliphatic rings. The maximum absolute atomic E-state index is 6.46. The SMILES string of the molecule is Cc1cc(C)c(C(N)c2csc3ccccc23)s1. The van der Waals surface area contributed by atoms with E-state index in [9.17, 15) is 0 Å². The number of fused-ring (bicyclic) bond motifs is 1. The van der Waals surface area contributed by atoms with Gasteiger partial charge in [-0.2, -0.15) is 0 Å². The van der Waals surface area contributed by atoms with Crippen LogP contribution < -0.4 is 5.73 Å². The fourth-order valence-corrected chi connectivity index (χ4v) is 4.40. The Balaban J connectivity index is 2.12. The summed E-state index contributed by atoms with van der Waals surface area (Å²) in [6.45, 7) is 4.28. The van der Waals surface area contributed by atoms with Crippen LogP contribution in [0.25, 0.3) is 10.1 Å². The van der Waals surface area contributed by atoms with E-state index in [0.717, 1.165) is 0 Å². The van der Waals surface area contributed by atoms with Gasteiger partial charge in [0.05, 0.1) is 6.04 Å². The van der Waals surface area contributed by atoms with Crippen LogP contribution in [-0.2, 0) is 0 Å². The molecule has 1 nitrogen and oxygen atoms in total. The summed E-state index contributed by atoms with van der Waals surface area (Å²) in [5.74, 6) is 0. The molecule has 92 valence electrons. The standard InChI is InChI=1S/C15H15NS2/c1-9-7-10(2)18-15(9)14(16)12-8-17-13-6-4-3-5-11(12)13/h3-8,14H,16H2,1-2H3. The van der Waals surface area contributed by atoms with E-state index in [1.54, 1.807) is 11.3 Å². The van der Waals surface area contributed by atoms with Crippen LogP contribution in [0.4, 0.5) is 0 Å². The second-order valence-corrected chi connectivity index (χ2v) is 6.77. The van der Waals surface area contributed by atoms with Gasteiger partial charge < -0.3 is 5.73 Å². The minimum atomic E-state index is -0.000139. The van der Waals surface area contributed by atoms with E-state index >= 15 is 0 Å². The van der Waals surface area contributed by atoms with E-state index in [2.05, 4.69) is 49.6 Å². The van der Waals surface area contributed by atoms with Gasteiger partial charge in [0, 0.05) is 14.5 Å². The predicted molar refractivity (Wildman–Crippen MR) is 81.6 cm³/mol. The van der Waals surface area contributed by atoms with Gasteiger partial charge in [0.15, 0.2) is 0 Å². The van der Waals surface area contributed by atoms with Gasteiger partial charge in [0.2, 0.25) is 0 Å². The molecule has 0 aliphatic carbocycles. The molecule has 3 heteroatoms. The van der Waals surface area contributed by atoms with Crippen LogP contribution in [0.5, 0.6) is 0 Å². The van der Waals surface area contributed by atoms with Crippen molar-refractivity contribution in [2.45, 2.75) is 19.9 Å². The van der Waals surface area contributed by atoms with Crippen molar-refractivity contribution >= 4 is 32.8 Å². The maximum Gasteiger partial charge on any atom is 0.0663 e. The highest BCUT2D eigenvalue weighted by Gasteiger charge is 2.17. The molecule has 0 saturated heterocycles. The molecule has 2 heterocycles. The first-order valence-electron chi connectivity index (χ1n) is 5.95. The van der Waals surface area contributed by atoms with Crippen molar-refractivity contribution < 1.29 is 0 Å². The lowest BCUT2D eigenvalue weighted by atomic mass is 10.0. The van der Waals surface area contributed by atoms with E-state index in [1.807, 2.05) is 11.3 Å². The average molecular weight is 273 g/mol. The van der Waals surface area contributed by atoms with Gasteiger partial charge in [0.1, 0.15) is 0 Å². The van der Waals surface area contributed by atoms with Crippen LogP contribution in [0, 0.1) is 13.8 Å². The van der Waals surface area contributed by atoms with Crippen LogP contribution in [0.1, 0.15) is 26.9 Å². The fraction of sp³-hybridized carbons (Fsp3) is 0.200. The molecule has 0 saturated carbocycles. The maximum atomic E-state index is 6.46. The summed E-state index contributed by atoms with van der Waals surface area (Å²) in [6.07, 6.45) is 0. The molecule has 1 unspecified atom stereocenters. The normalized spacial score (nSPS) is 13.1. The Kier molecular flexibility index (Phi) is 2.98. The second kappa shape index (κ2) is 4.50. The molecule has 18 heavy (non-hydrogen) atoms. The minimum absolute atomic E-state index is 0.000139. The van der Waals surface area contributed by atoms with E-state index in [0.29, 0.717) is 0 Å². The number of nitrogens with two attached hydrogens (primary N) is 1. The van der Waals surface area contributed by atoms with Crippen LogP contribution in [0.15, 0.2) is 35.7 Å². The summed E-state index contributed by atoms with van der Waals surface area (Å²) in [6, 6.07) is 10.7. The average Bonchev–Trinajstić information content (AvgIpc) is 2.92. The smallest absolute Gasteiger partial charge is 0.0663 e. The number of hydrogen-bond donors (Lipinski definition) is 1. The topological polar surface area (TPSA) is 26.0 Å². The van der Waals surface area contributed by atoms with Crippen molar-refractivity contribution in [3.63, 3.8) is 0 Å². The summed E-state index contributed by atoms with van der Waals surface area (Å²) in [4.78, 5) is 2.62. The van der Waals surface area contributed by atoms with Gasteiger partial charge in [-0.3, -0.25) is 0 Å².